The van der Waals surface area contributed by atoms with Gasteiger partial charge in [-0.3, -0.25) is 4.79 Å². The molecule has 3 fully saturated rings. The molecule has 0 aromatic heterocycles. The summed E-state index contributed by atoms with van der Waals surface area (Å²) in [6.45, 7) is 0. The summed E-state index contributed by atoms with van der Waals surface area (Å²) in [4.78, 5) is 28.5. The number of carboxylic acids is 1. The maximum absolute atomic E-state index is 14.2. The Morgan fingerprint density at radius 3 is 1.94 bits per heavy atom. The number of benzene rings is 3. The molecule has 4 heteroatoms. The number of carbonyl (C=O) groups is 2. The molecule has 2 bridgehead atoms. The van der Waals surface area contributed by atoms with Gasteiger partial charge < -0.3 is 10.0 Å². The van der Waals surface area contributed by atoms with Crippen molar-refractivity contribution < 1.29 is 14.7 Å². The van der Waals surface area contributed by atoms with Crippen LogP contribution in [-0.2, 0) is 16.0 Å². The number of aliphatic carboxylic acids is 1. The second kappa shape index (κ2) is 9.84. The van der Waals surface area contributed by atoms with Gasteiger partial charge in [-0.15, -0.1) is 0 Å². The minimum Gasteiger partial charge on any atom is -0.480 e. The number of hydrogen-bond donors (Lipinski definition) is 1. The van der Waals surface area contributed by atoms with Gasteiger partial charge in [0.05, 0.1) is 5.92 Å². The van der Waals surface area contributed by atoms with E-state index in [0.29, 0.717) is 5.92 Å². The van der Waals surface area contributed by atoms with E-state index >= 15 is 0 Å². The Labute approximate surface area is 201 Å². The molecule has 1 saturated carbocycles. The normalized spacial score (nSPS) is 23.7. The highest BCUT2D eigenvalue weighted by molar-refractivity contribution is 5.91. The van der Waals surface area contributed by atoms with E-state index in [1.807, 2.05) is 66.7 Å². The Hall–Kier alpha value is -3.40. The summed E-state index contributed by atoms with van der Waals surface area (Å²) < 4.78 is 0. The third-order valence-electron chi connectivity index (χ3n) is 7.78. The number of carboxylic acid groups (broad SMARTS) is 1. The fraction of sp³-hybridized carbons (Fsp3) is 0.333. The molecule has 1 N–H and O–H groups in total. The number of amides is 1. The lowest BCUT2D eigenvalue weighted by atomic mass is 9.65. The summed E-state index contributed by atoms with van der Waals surface area (Å²) in [7, 11) is 0. The highest BCUT2D eigenvalue weighted by Gasteiger charge is 2.52. The molecule has 2 saturated heterocycles. The molecule has 3 aromatic rings. The van der Waals surface area contributed by atoms with E-state index in [0.717, 1.165) is 43.2 Å². The van der Waals surface area contributed by atoms with Crippen LogP contribution < -0.4 is 0 Å². The van der Waals surface area contributed by atoms with Gasteiger partial charge in [0.1, 0.15) is 6.04 Å². The smallest absolute Gasteiger partial charge is 0.326 e. The van der Waals surface area contributed by atoms with Gasteiger partial charge in [0, 0.05) is 6.04 Å². The Morgan fingerprint density at radius 1 is 0.824 bits per heavy atom. The largest absolute Gasteiger partial charge is 0.480 e. The molecule has 0 radical (unpaired) electrons. The van der Waals surface area contributed by atoms with Crippen molar-refractivity contribution in [1.29, 1.82) is 0 Å². The standard InChI is InChI=1S/C30H31NO3/c32-29(27(22-12-6-2-7-13-22)23-14-8-3-9-15-23)31-25-18-19-26(28(31)30(33)34)24(20-25)17-16-21-10-4-1-5-11-21/h1-15,24-28H,16-20H2,(H,33,34)/t24?,25-,26+,28-/m0/s1. The number of fused-ring (bicyclic) bond motifs is 3. The first-order chi connectivity index (χ1) is 16.6. The quantitative estimate of drug-likeness (QED) is 0.512. The molecule has 1 amide bonds. The van der Waals surface area contributed by atoms with Crippen molar-refractivity contribution in [3.05, 3.63) is 108 Å². The molecule has 6 rings (SSSR count). The molecule has 1 unspecified atom stereocenters. The van der Waals surface area contributed by atoms with Gasteiger partial charge in [0.25, 0.3) is 0 Å². The summed E-state index contributed by atoms with van der Waals surface area (Å²) in [6, 6.07) is 29.1. The Kier molecular flexibility index (Phi) is 6.48. The molecule has 2 heterocycles. The van der Waals surface area contributed by atoms with Gasteiger partial charge in [-0.25, -0.2) is 4.79 Å². The fourth-order valence-electron chi connectivity index (χ4n) is 6.23. The summed E-state index contributed by atoms with van der Waals surface area (Å²) >= 11 is 0. The molecule has 1 aliphatic carbocycles. The zero-order chi connectivity index (χ0) is 23.5. The molecule has 3 aliphatic rings. The number of carbonyl (C=O) groups excluding carboxylic acids is 1. The van der Waals surface area contributed by atoms with E-state index in [4.69, 9.17) is 0 Å². The van der Waals surface area contributed by atoms with Gasteiger partial charge in [0.2, 0.25) is 5.91 Å². The molecule has 34 heavy (non-hydrogen) atoms. The molecule has 4 nitrogen and oxygen atoms in total. The fourth-order valence-corrected chi connectivity index (χ4v) is 6.23. The van der Waals surface area contributed by atoms with E-state index in [1.54, 1.807) is 4.90 Å². The molecule has 2 aliphatic heterocycles. The lowest BCUT2D eigenvalue weighted by Gasteiger charge is -2.54. The first-order valence-electron chi connectivity index (χ1n) is 12.3. The first kappa shape index (κ1) is 22.4. The van der Waals surface area contributed by atoms with Crippen molar-refractivity contribution in [2.24, 2.45) is 11.8 Å². The van der Waals surface area contributed by atoms with Crippen LogP contribution in [0.25, 0.3) is 0 Å². The van der Waals surface area contributed by atoms with Crippen LogP contribution in [0.5, 0.6) is 0 Å². The number of rotatable bonds is 7. The SMILES string of the molecule is O=C(O)[C@@H]1[C@@H]2CC[C@@H](CC2CCc2ccccc2)N1C(=O)C(c1ccccc1)c1ccccc1. The predicted octanol–water partition coefficient (Wildman–Crippen LogP) is 5.53. The summed E-state index contributed by atoms with van der Waals surface area (Å²) in [6.07, 6.45) is 4.58. The molecule has 174 valence electrons. The van der Waals surface area contributed by atoms with Crippen LogP contribution in [0, 0.1) is 11.8 Å². The van der Waals surface area contributed by atoms with Crippen LogP contribution in [0.4, 0.5) is 0 Å². The highest BCUT2D eigenvalue weighted by atomic mass is 16.4. The topological polar surface area (TPSA) is 57.6 Å². The minimum absolute atomic E-state index is 0.00218. The van der Waals surface area contributed by atoms with Crippen molar-refractivity contribution >= 4 is 11.9 Å². The summed E-state index contributed by atoms with van der Waals surface area (Å²) in [5, 5.41) is 10.3. The van der Waals surface area contributed by atoms with Crippen LogP contribution in [0.2, 0.25) is 0 Å². The second-order valence-electron chi connectivity index (χ2n) is 9.70. The first-order valence-corrected chi connectivity index (χ1v) is 12.3. The lowest BCUT2D eigenvalue weighted by Crippen LogP contribution is -2.64. The average molecular weight is 454 g/mol. The third-order valence-corrected chi connectivity index (χ3v) is 7.78. The minimum atomic E-state index is -0.868. The molecular weight excluding hydrogens is 422 g/mol. The van der Waals surface area contributed by atoms with E-state index < -0.39 is 17.9 Å². The Bertz CT molecular complexity index is 1080. The van der Waals surface area contributed by atoms with E-state index in [-0.39, 0.29) is 17.9 Å². The lowest BCUT2D eigenvalue weighted by molar-refractivity contribution is -0.167. The molecule has 0 spiro atoms. The van der Waals surface area contributed by atoms with Gasteiger partial charge in [0.15, 0.2) is 0 Å². The van der Waals surface area contributed by atoms with E-state index in [1.165, 1.54) is 5.56 Å². The average Bonchev–Trinajstić information content (AvgIpc) is 2.89. The van der Waals surface area contributed by atoms with Crippen LogP contribution in [0.3, 0.4) is 0 Å². The van der Waals surface area contributed by atoms with Gasteiger partial charge in [-0.1, -0.05) is 91.0 Å². The maximum atomic E-state index is 14.2. The Morgan fingerprint density at radius 2 is 1.38 bits per heavy atom. The van der Waals surface area contributed by atoms with Crippen LogP contribution in [0.15, 0.2) is 91.0 Å². The van der Waals surface area contributed by atoms with Crippen LogP contribution >= 0.6 is 0 Å². The van der Waals surface area contributed by atoms with E-state index in [9.17, 15) is 14.7 Å². The zero-order valence-corrected chi connectivity index (χ0v) is 19.3. The zero-order valence-electron chi connectivity index (χ0n) is 19.3. The maximum Gasteiger partial charge on any atom is 0.326 e. The molecule has 4 atom stereocenters. The highest BCUT2D eigenvalue weighted by Crippen LogP contribution is 2.47. The van der Waals surface area contributed by atoms with Crippen LogP contribution in [-0.4, -0.2) is 34.0 Å². The number of piperidine rings is 2. The van der Waals surface area contributed by atoms with Crippen molar-refractivity contribution in [2.45, 2.75) is 50.1 Å². The van der Waals surface area contributed by atoms with Crippen molar-refractivity contribution in [2.75, 3.05) is 0 Å². The number of nitrogens with zero attached hydrogens (tertiary/aromatic N) is 1. The summed E-state index contributed by atoms with van der Waals surface area (Å²) in [5.74, 6) is -1.11. The Balaban J connectivity index is 1.43. The second-order valence-corrected chi connectivity index (χ2v) is 9.70. The molecule has 3 aromatic carbocycles. The van der Waals surface area contributed by atoms with Gasteiger partial charge in [-0.05, 0) is 60.6 Å². The van der Waals surface area contributed by atoms with Gasteiger partial charge in [-0.2, -0.15) is 0 Å². The number of aryl methyl sites for hydroxylation is 1. The monoisotopic (exact) mass is 453 g/mol. The predicted molar refractivity (Wildman–Crippen MR) is 132 cm³/mol. The van der Waals surface area contributed by atoms with Crippen molar-refractivity contribution in [3.63, 3.8) is 0 Å². The van der Waals surface area contributed by atoms with Crippen LogP contribution in [0.1, 0.15) is 48.3 Å². The third kappa shape index (κ3) is 4.37. The number of hydrogen-bond acceptors (Lipinski definition) is 2. The molecular formula is C30H31NO3. The van der Waals surface area contributed by atoms with E-state index in [2.05, 4.69) is 24.3 Å². The summed E-state index contributed by atoms with van der Waals surface area (Å²) in [5.41, 5.74) is 3.10. The van der Waals surface area contributed by atoms with Crippen molar-refractivity contribution in [1.82, 2.24) is 4.90 Å². The van der Waals surface area contributed by atoms with Crippen molar-refractivity contribution in [3.8, 4) is 0 Å². The van der Waals surface area contributed by atoms with Gasteiger partial charge >= 0.3 is 5.97 Å².